The van der Waals surface area contributed by atoms with Gasteiger partial charge in [-0.05, 0) is 38.5 Å². The summed E-state index contributed by atoms with van der Waals surface area (Å²) in [5, 5.41) is 2.51. The summed E-state index contributed by atoms with van der Waals surface area (Å²) in [6.07, 6.45) is 0.169. The van der Waals surface area contributed by atoms with Crippen LogP contribution in [0.25, 0.3) is 0 Å². The normalized spacial score (nSPS) is 10.4. The van der Waals surface area contributed by atoms with Gasteiger partial charge in [0, 0.05) is 5.56 Å². The van der Waals surface area contributed by atoms with Crippen molar-refractivity contribution in [3.63, 3.8) is 0 Å². The van der Waals surface area contributed by atoms with E-state index in [2.05, 4.69) is 5.32 Å². The van der Waals surface area contributed by atoms with Crippen LogP contribution in [0.2, 0.25) is 0 Å². The first-order chi connectivity index (χ1) is 9.52. The minimum absolute atomic E-state index is 0.120. The van der Waals surface area contributed by atoms with Gasteiger partial charge >= 0.3 is 5.97 Å². The van der Waals surface area contributed by atoms with E-state index in [1.807, 2.05) is 26.0 Å². The Morgan fingerprint density at radius 2 is 1.85 bits per heavy atom. The molecule has 1 aromatic rings. The van der Waals surface area contributed by atoms with Crippen LogP contribution >= 0.6 is 0 Å². The molecule has 0 heterocycles. The minimum Gasteiger partial charge on any atom is -0.465 e. The highest BCUT2D eigenvalue weighted by Crippen LogP contribution is 2.07. The number of ether oxygens (including phenoxy) is 2. The number of carbonyl (C=O) groups excluding carboxylic acids is 2. The Morgan fingerprint density at radius 3 is 2.40 bits per heavy atom. The zero-order chi connectivity index (χ0) is 15.0. The smallest absolute Gasteiger partial charge is 0.325 e. The topological polar surface area (TPSA) is 64.6 Å². The second-order valence-electron chi connectivity index (χ2n) is 4.54. The Balaban J connectivity index is 2.47. The predicted molar refractivity (Wildman–Crippen MR) is 75.3 cm³/mol. The Labute approximate surface area is 119 Å². The Morgan fingerprint density at radius 1 is 1.20 bits per heavy atom. The van der Waals surface area contributed by atoms with Crippen LogP contribution < -0.4 is 5.32 Å². The van der Waals surface area contributed by atoms with Crippen LogP contribution in [-0.2, 0) is 20.9 Å². The standard InChI is InChI=1S/C15H21NO4/c1-4-19-14(17)9-16-15(18)13-7-5-12(6-8-13)10-20-11(2)3/h5-8,11H,4,9-10H2,1-3H3,(H,16,18). The lowest BCUT2D eigenvalue weighted by atomic mass is 10.1. The van der Waals surface area contributed by atoms with Gasteiger partial charge < -0.3 is 14.8 Å². The van der Waals surface area contributed by atoms with Crippen molar-refractivity contribution in [1.82, 2.24) is 5.32 Å². The van der Waals surface area contributed by atoms with E-state index in [0.29, 0.717) is 18.8 Å². The van der Waals surface area contributed by atoms with Crippen LogP contribution in [0.1, 0.15) is 36.7 Å². The van der Waals surface area contributed by atoms with E-state index in [0.717, 1.165) is 5.56 Å². The maximum absolute atomic E-state index is 11.8. The van der Waals surface area contributed by atoms with Crippen LogP contribution in [0.3, 0.4) is 0 Å². The van der Waals surface area contributed by atoms with E-state index in [-0.39, 0.29) is 18.6 Å². The van der Waals surface area contributed by atoms with E-state index in [9.17, 15) is 9.59 Å². The number of hydrogen-bond donors (Lipinski definition) is 1. The highest BCUT2D eigenvalue weighted by atomic mass is 16.5. The molecule has 0 bridgehead atoms. The fourth-order valence-corrected chi connectivity index (χ4v) is 1.48. The molecule has 0 fully saturated rings. The summed E-state index contributed by atoms with van der Waals surface area (Å²) >= 11 is 0. The Bertz CT molecular complexity index is 440. The second kappa shape index (κ2) is 8.32. The molecule has 0 aromatic heterocycles. The van der Waals surface area contributed by atoms with Gasteiger partial charge in [-0.2, -0.15) is 0 Å². The molecule has 0 saturated heterocycles. The average molecular weight is 279 g/mol. The maximum Gasteiger partial charge on any atom is 0.325 e. The van der Waals surface area contributed by atoms with Crippen molar-refractivity contribution in [2.75, 3.05) is 13.2 Å². The monoisotopic (exact) mass is 279 g/mol. The van der Waals surface area contributed by atoms with Gasteiger partial charge in [0.1, 0.15) is 6.54 Å². The summed E-state index contributed by atoms with van der Waals surface area (Å²) in [6.45, 7) is 6.36. The fourth-order valence-electron chi connectivity index (χ4n) is 1.48. The molecule has 1 N–H and O–H groups in total. The number of benzene rings is 1. The van der Waals surface area contributed by atoms with E-state index in [4.69, 9.17) is 9.47 Å². The van der Waals surface area contributed by atoms with Gasteiger partial charge in [0.25, 0.3) is 5.91 Å². The molecule has 5 heteroatoms. The lowest BCUT2D eigenvalue weighted by molar-refractivity contribution is -0.141. The second-order valence-corrected chi connectivity index (χ2v) is 4.54. The van der Waals surface area contributed by atoms with Gasteiger partial charge in [0.05, 0.1) is 19.3 Å². The van der Waals surface area contributed by atoms with E-state index < -0.39 is 5.97 Å². The molecule has 20 heavy (non-hydrogen) atoms. The summed E-state index contributed by atoms with van der Waals surface area (Å²) < 4.78 is 10.2. The molecule has 1 aromatic carbocycles. The number of esters is 1. The van der Waals surface area contributed by atoms with Gasteiger partial charge in [-0.25, -0.2) is 0 Å². The van der Waals surface area contributed by atoms with Crippen molar-refractivity contribution in [3.8, 4) is 0 Å². The molecule has 1 rings (SSSR count). The summed E-state index contributed by atoms with van der Waals surface area (Å²) in [4.78, 5) is 22.9. The molecule has 0 saturated carbocycles. The molecule has 0 aliphatic carbocycles. The van der Waals surface area contributed by atoms with Crippen LogP contribution in [0.4, 0.5) is 0 Å². The van der Waals surface area contributed by atoms with Crippen molar-refractivity contribution in [2.45, 2.75) is 33.5 Å². The highest BCUT2D eigenvalue weighted by Gasteiger charge is 2.08. The summed E-state index contributed by atoms with van der Waals surface area (Å²) in [7, 11) is 0. The summed E-state index contributed by atoms with van der Waals surface area (Å²) in [6, 6.07) is 7.09. The third kappa shape index (κ3) is 5.84. The first-order valence-corrected chi connectivity index (χ1v) is 6.67. The summed E-state index contributed by atoms with van der Waals surface area (Å²) in [5.74, 6) is -0.739. The predicted octanol–water partition coefficient (Wildman–Crippen LogP) is 1.90. The Kier molecular flexibility index (Phi) is 6.73. The average Bonchev–Trinajstić information content (AvgIpc) is 2.43. The summed E-state index contributed by atoms with van der Waals surface area (Å²) in [5.41, 5.74) is 1.50. The molecule has 5 nitrogen and oxygen atoms in total. The molecule has 0 unspecified atom stereocenters. The molecule has 110 valence electrons. The van der Waals surface area contributed by atoms with Crippen molar-refractivity contribution in [3.05, 3.63) is 35.4 Å². The third-order valence-electron chi connectivity index (χ3n) is 2.50. The van der Waals surface area contributed by atoms with Crippen LogP contribution in [0, 0.1) is 0 Å². The van der Waals surface area contributed by atoms with Crippen LogP contribution in [0.15, 0.2) is 24.3 Å². The quantitative estimate of drug-likeness (QED) is 0.774. The van der Waals surface area contributed by atoms with Gasteiger partial charge in [0.15, 0.2) is 0 Å². The lowest BCUT2D eigenvalue weighted by Gasteiger charge is -2.08. The molecule has 0 aliphatic rings. The van der Waals surface area contributed by atoms with Gasteiger partial charge in [-0.15, -0.1) is 0 Å². The van der Waals surface area contributed by atoms with Gasteiger partial charge in [-0.1, -0.05) is 12.1 Å². The van der Waals surface area contributed by atoms with E-state index in [1.165, 1.54) is 0 Å². The maximum atomic E-state index is 11.8. The van der Waals surface area contributed by atoms with Crippen molar-refractivity contribution in [1.29, 1.82) is 0 Å². The molecule has 0 radical (unpaired) electrons. The molecule has 0 spiro atoms. The Hall–Kier alpha value is -1.88. The molecule has 0 atom stereocenters. The van der Waals surface area contributed by atoms with Crippen molar-refractivity contribution < 1.29 is 19.1 Å². The van der Waals surface area contributed by atoms with Crippen LogP contribution in [0.5, 0.6) is 0 Å². The highest BCUT2D eigenvalue weighted by molar-refractivity contribution is 5.95. The third-order valence-corrected chi connectivity index (χ3v) is 2.50. The number of amides is 1. The lowest BCUT2D eigenvalue weighted by Crippen LogP contribution is -2.30. The van der Waals surface area contributed by atoms with Gasteiger partial charge in [0.2, 0.25) is 0 Å². The van der Waals surface area contributed by atoms with Gasteiger partial charge in [-0.3, -0.25) is 9.59 Å². The molecular formula is C15H21NO4. The van der Waals surface area contributed by atoms with E-state index >= 15 is 0 Å². The number of hydrogen-bond acceptors (Lipinski definition) is 4. The van der Waals surface area contributed by atoms with Crippen LogP contribution in [-0.4, -0.2) is 31.1 Å². The minimum atomic E-state index is -0.442. The number of rotatable bonds is 7. The van der Waals surface area contributed by atoms with Crippen molar-refractivity contribution >= 4 is 11.9 Å². The van der Waals surface area contributed by atoms with Crippen molar-refractivity contribution in [2.24, 2.45) is 0 Å². The SMILES string of the molecule is CCOC(=O)CNC(=O)c1ccc(COC(C)C)cc1. The molecule has 0 aliphatic heterocycles. The zero-order valence-corrected chi connectivity index (χ0v) is 12.1. The molecule has 1 amide bonds. The number of carbonyl (C=O) groups is 2. The zero-order valence-electron chi connectivity index (χ0n) is 12.1. The largest absolute Gasteiger partial charge is 0.465 e. The number of nitrogens with one attached hydrogen (secondary N) is 1. The van der Waals surface area contributed by atoms with E-state index in [1.54, 1.807) is 19.1 Å². The first kappa shape index (κ1) is 16.2. The molecular weight excluding hydrogens is 258 g/mol. The first-order valence-electron chi connectivity index (χ1n) is 6.67. The fraction of sp³-hybridized carbons (Fsp3) is 0.467.